The van der Waals surface area contributed by atoms with E-state index in [1.807, 2.05) is 0 Å². The lowest BCUT2D eigenvalue weighted by molar-refractivity contribution is -0.121. The minimum atomic E-state index is -3.31. The number of nitrogens with zero attached hydrogens (tertiary/aromatic N) is 2. The maximum absolute atomic E-state index is 12.7. The maximum atomic E-state index is 12.7. The Hall–Kier alpha value is -2.49. The van der Waals surface area contributed by atoms with Gasteiger partial charge in [-0.3, -0.25) is 9.59 Å². The third kappa shape index (κ3) is 4.89. The molecule has 0 bridgehead atoms. The van der Waals surface area contributed by atoms with Crippen molar-refractivity contribution in [2.75, 3.05) is 24.7 Å². The number of nitrogens with one attached hydrogen (secondary N) is 1. The number of carbonyl (C=O) groups is 2. The minimum absolute atomic E-state index is 0.0663. The molecule has 0 saturated carbocycles. The second-order valence-electron chi connectivity index (χ2n) is 7.48. The van der Waals surface area contributed by atoms with Crippen LogP contribution in [0.25, 0.3) is 10.2 Å². The Balaban J connectivity index is 1.38. The van der Waals surface area contributed by atoms with Gasteiger partial charge in [-0.1, -0.05) is 22.9 Å². The van der Waals surface area contributed by atoms with Gasteiger partial charge in [-0.15, -0.1) is 0 Å². The zero-order chi connectivity index (χ0) is 22.2. The van der Waals surface area contributed by atoms with Crippen molar-refractivity contribution in [3.8, 4) is 0 Å². The van der Waals surface area contributed by atoms with Crippen molar-refractivity contribution in [3.05, 3.63) is 53.1 Å². The van der Waals surface area contributed by atoms with Gasteiger partial charge < -0.3 is 10.2 Å². The average Bonchev–Trinajstić information content (AvgIpc) is 3.14. The molecule has 0 radical (unpaired) electrons. The summed E-state index contributed by atoms with van der Waals surface area (Å²) in [5, 5.41) is 3.86. The number of amides is 2. The van der Waals surface area contributed by atoms with Gasteiger partial charge in [0, 0.05) is 35.8 Å². The van der Waals surface area contributed by atoms with Gasteiger partial charge in [0.05, 0.1) is 15.1 Å². The molecule has 0 spiro atoms. The number of thiazole rings is 1. The van der Waals surface area contributed by atoms with Gasteiger partial charge in [-0.25, -0.2) is 13.4 Å². The van der Waals surface area contributed by atoms with Gasteiger partial charge in [0.2, 0.25) is 5.91 Å². The van der Waals surface area contributed by atoms with Crippen molar-refractivity contribution in [2.24, 2.45) is 5.92 Å². The molecular weight excluding hydrogens is 458 g/mol. The molecule has 0 aliphatic carbocycles. The van der Waals surface area contributed by atoms with Crippen LogP contribution in [0.5, 0.6) is 0 Å². The molecule has 1 N–H and O–H groups in total. The molecule has 31 heavy (non-hydrogen) atoms. The lowest BCUT2D eigenvalue weighted by atomic mass is 9.95. The fourth-order valence-corrected chi connectivity index (χ4v) is 5.27. The van der Waals surface area contributed by atoms with E-state index in [0.29, 0.717) is 51.9 Å². The van der Waals surface area contributed by atoms with Crippen molar-refractivity contribution >= 4 is 59.9 Å². The molecule has 1 aliphatic heterocycles. The standard InChI is InChI=1S/C21H20ClN3O4S2/c1-31(28,29)16-6-7-17-18(12-16)30-21(23-17)24-19(26)13-8-10-25(11-9-13)20(27)14-2-4-15(22)5-3-14/h2-7,12-13H,8-11H2,1H3,(H,23,24,26). The summed E-state index contributed by atoms with van der Waals surface area (Å²) in [6, 6.07) is 11.5. The monoisotopic (exact) mass is 477 g/mol. The summed E-state index contributed by atoms with van der Waals surface area (Å²) >= 11 is 7.12. The highest BCUT2D eigenvalue weighted by atomic mass is 35.5. The van der Waals surface area contributed by atoms with E-state index in [2.05, 4.69) is 10.3 Å². The molecule has 1 aromatic heterocycles. The number of fused-ring (bicyclic) bond motifs is 1. The average molecular weight is 478 g/mol. The fraction of sp³-hybridized carbons (Fsp3) is 0.286. The molecule has 162 valence electrons. The number of hydrogen-bond acceptors (Lipinski definition) is 6. The number of anilines is 1. The minimum Gasteiger partial charge on any atom is -0.339 e. The lowest BCUT2D eigenvalue weighted by Gasteiger charge is -2.31. The summed E-state index contributed by atoms with van der Waals surface area (Å²) in [7, 11) is -3.31. The highest BCUT2D eigenvalue weighted by Gasteiger charge is 2.28. The number of halogens is 1. The van der Waals surface area contributed by atoms with E-state index >= 15 is 0 Å². The number of benzene rings is 2. The molecule has 2 aromatic carbocycles. The number of rotatable bonds is 4. The Morgan fingerprint density at radius 2 is 1.81 bits per heavy atom. The SMILES string of the molecule is CS(=O)(=O)c1ccc2nc(NC(=O)C3CCN(C(=O)c4ccc(Cl)cc4)CC3)sc2c1. The van der Waals surface area contributed by atoms with Crippen molar-refractivity contribution in [2.45, 2.75) is 17.7 Å². The highest BCUT2D eigenvalue weighted by Crippen LogP contribution is 2.29. The molecule has 0 atom stereocenters. The highest BCUT2D eigenvalue weighted by molar-refractivity contribution is 7.90. The fourth-order valence-electron chi connectivity index (χ4n) is 3.52. The summed E-state index contributed by atoms with van der Waals surface area (Å²) in [5.41, 5.74) is 1.21. The lowest BCUT2D eigenvalue weighted by Crippen LogP contribution is -2.41. The first-order valence-electron chi connectivity index (χ1n) is 9.67. The molecule has 3 aromatic rings. The number of aromatic nitrogens is 1. The number of piperidine rings is 1. The van der Waals surface area contributed by atoms with Crippen LogP contribution in [0.3, 0.4) is 0 Å². The maximum Gasteiger partial charge on any atom is 0.253 e. The van der Waals surface area contributed by atoms with Gasteiger partial charge >= 0.3 is 0 Å². The number of carbonyl (C=O) groups excluding carboxylic acids is 2. The number of hydrogen-bond donors (Lipinski definition) is 1. The van der Waals surface area contributed by atoms with Crippen molar-refractivity contribution < 1.29 is 18.0 Å². The van der Waals surface area contributed by atoms with Crippen molar-refractivity contribution in [1.29, 1.82) is 0 Å². The Morgan fingerprint density at radius 1 is 1.13 bits per heavy atom. The zero-order valence-corrected chi connectivity index (χ0v) is 19.1. The van der Waals surface area contributed by atoms with Crippen LogP contribution < -0.4 is 5.32 Å². The van der Waals surface area contributed by atoms with Gasteiger partial charge in [0.1, 0.15) is 0 Å². The van der Waals surface area contributed by atoms with Crippen LogP contribution in [-0.2, 0) is 14.6 Å². The van der Waals surface area contributed by atoms with Gasteiger partial charge in [0.15, 0.2) is 15.0 Å². The van der Waals surface area contributed by atoms with Crippen LogP contribution in [0, 0.1) is 5.92 Å². The second-order valence-corrected chi connectivity index (χ2v) is 11.0. The first-order chi connectivity index (χ1) is 14.7. The molecular formula is C21H20ClN3O4S2. The van der Waals surface area contributed by atoms with Crippen molar-refractivity contribution in [3.63, 3.8) is 0 Å². The van der Waals surface area contributed by atoms with E-state index in [9.17, 15) is 18.0 Å². The molecule has 10 heteroatoms. The number of likely N-dealkylation sites (tertiary alicyclic amines) is 1. The first kappa shape index (κ1) is 21.7. The van der Waals surface area contributed by atoms with Gasteiger partial charge in [-0.2, -0.15) is 0 Å². The van der Waals surface area contributed by atoms with Gasteiger partial charge in [0.25, 0.3) is 5.91 Å². The van der Waals surface area contributed by atoms with E-state index in [0.717, 1.165) is 6.26 Å². The summed E-state index contributed by atoms with van der Waals surface area (Å²) in [4.78, 5) is 31.6. The quantitative estimate of drug-likeness (QED) is 0.615. The van der Waals surface area contributed by atoms with Crippen LogP contribution in [0.1, 0.15) is 23.2 Å². The normalized spacial score (nSPS) is 15.2. The van der Waals surface area contributed by atoms with Crippen LogP contribution >= 0.6 is 22.9 Å². The summed E-state index contributed by atoms with van der Waals surface area (Å²) in [5.74, 6) is -0.419. The summed E-state index contributed by atoms with van der Waals surface area (Å²) in [6.07, 6.45) is 2.28. The van der Waals surface area contributed by atoms with Gasteiger partial charge in [-0.05, 0) is 55.3 Å². The molecule has 0 unspecified atom stereocenters. The molecule has 1 fully saturated rings. The largest absolute Gasteiger partial charge is 0.339 e. The van der Waals surface area contributed by atoms with Crippen LogP contribution in [0.15, 0.2) is 47.4 Å². The van der Waals surface area contributed by atoms with Crippen LogP contribution in [0.2, 0.25) is 5.02 Å². The van der Waals surface area contributed by atoms with E-state index in [1.165, 1.54) is 17.4 Å². The third-order valence-corrected chi connectivity index (χ3v) is 7.56. The predicted octanol–water partition coefficient (Wildman–Crippen LogP) is 3.84. The predicted molar refractivity (Wildman–Crippen MR) is 121 cm³/mol. The topological polar surface area (TPSA) is 96.4 Å². The van der Waals surface area contributed by atoms with E-state index in [4.69, 9.17) is 11.6 Å². The Bertz CT molecular complexity index is 1250. The second kappa shape index (κ2) is 8.57. The zero-order valence-electron chi connectivity index (χ0n) is 16.7. The van der Waals surface area contributed by atoms with Crippen LogP contribution in [0.4, 0.5) is 5.13 Å². The Labute approximate surface area is 189 Å². The van der Waals surface area contributed by atoms with E-state index in [-0.39, 0.29) is 22.6 Å². The Morgan fingerprint density at radius 3 is 2.45 bits per heavy atom. The third-order valence-electron chi connectivity index (χ3n) is 5.26. The van der Waals surface area contributed by atoms with Crippen molar-refractivity contribution in [1.82, 2.24) is 9.88 Å². The summed E-state index contributed by atoms with van der Waals surface area (Å²) in [6.45, 7) is 0.994. The molecule has 1 saturated heterocycles. The smallest absolute Gasteiger partial charge is 0.253 e. The molecule has 2 heterocycles. The van der Waals surface area contributed by atoms with E-state index < -0.39 is 9.84 Å². The molecule has 1 aliphatic rings. The molecule has 4 rings (SSSR count). The Kier molecular flexibility index (Phi) is 6.00. The van der Waals surface area contributed by atoms with Crippen LogP contribution in [-0.4, -0.2) is 49.5 Å². The van der Waals surface area contributed by atoms with E-state index in [1.54, 1.807) is 41.3 Å². The first-order valence-corrected chi connectivity index (χ1v) is 12.8. The number of sulfone groups is 1. The molecule has 7 nitrogen and oxygen atoms in total. The molecule has 2 amide bonds. The summed E-state index contributed by atoms with van der Waals surface area (Å²) < 4.78 is 24.2.